The largest absolute Gasteiger partial charge is 0.416 e. The molecule has 2 rings (SSSR count). The maximum atomic E-state index is 13.5. The van der Waals surface area contributed by atoms with Crippen molar-refractivity contribution in [1.29, 1.82) is 5.26 Å². The van der Waals surface area contributed by atoms with Crippen molar-refractivity contribution >= 4 is 11.6 Å². The van der Waals surface area contributed by atoms with E-state index in [1.54, 1.807) is 0 Å². The zero-order chi connectivity index (χ0) is 15.0. The fraction of sp³-hybridized carbons (Fsp3) is 0.385. The molecular weight excluding hydrogens is 276 g/mol. The van der Waals surface area contributed by atoms with Crippen molar-refractivity contribution in [3.05, 3.63) is 29.6 Å². The maximum absolute atomic E-state index is 13.5. The van der Waals surface area contributed by atoms with Crippen molar-refractivity contribution in [2.45, 2.75) is 25.4 Å². The molecule has 20 heavy (non-hydrogen) atoms. The summed E-state index contributed by atoms with van der Waals surface area (Å²) >= 11 is 0. The highest BCUT2D eigenvalue weighted by atomic mass is 19.4. The van der Waals surface area contributed by atoms with E-state index in [0.29, 0.717) is 37.5 Å². The third-order valence-electron chi connectivity index (χ3n) is 3.40. The Bertz CT molecular complexity index is 585. The fourth-order valence-electron chi connectivity index (χ4n) is 1.96. The van der Waals surface area contributed by atoms with E-state index in [9.17, 15) is 22.4 Å². The third kappa shape index (κ3) is 2.46. The summed E-state index contributed by atoms with van der Waals surface area (Å²) in [5.41, 5.74) is -2.87. The Morgan fingerprint density at radius 1 is 1.35 bits per heavy atom. The van der Waals surface area contributed by atoms with Crippen LogP contribution in [0.25, 0.3) is 0 Å². The molecule has 0 saturated heterocycles. The molecule has 1 saturated carbocycles. The molecule has 1 aromatic carbocycles. The first kappa shape index (κ1) is 14.3. The molecule has 1 fully saturated rings. The molecule has 1 aliphatic rings. The van der Waals surface area contributed by atoms with E-state index < -0.39 is 34.6 Å². The molecule has 7 heteroatoms. The standard InChI is InChI=1S/C13H10F4N2O/c14-9-3-2-8(13(15,16)17)6-10(9)19-11(20)12(7-18)4-1-5-12/h2-3,6H,1,4-5H2,(H,19,20). The topological polar surface area (TPSA) is 52.9 Å². The number of carbonyl (C=O) groups is 1. The highest BCUT2D eigenvalue weighted by Crippen LogP contribution is 2.41. The number of benzene rings is 1. The van der Waals surface area contributed by atoms with Crippen LogP contribution in [0.4, 0.5) is 23.2 Å². The van der Waals surface area contributed by atoms with Crippen molar-refractivity contribution in [1.82, 2.24) is 0 Å². The molecular formula is C13H10F4N2O. The van der Waals surface area contributed by atoms with Crippen LogP contribution in [0.15, 0.2) is 18.2 Å². The molecule has 0 aliphatic heterocycles. The van der Waals surface area contributed by atoms with Gasteiger partial charge < -0.3 is 5.32 Å². The minimum absolute atomic E-state index is 0.329. The number of nitrogens with zero attached hydrogens (tertiary/aromatic N) is 1. The van der Waals surface area contributed by atoms with E-state index in [1.807, 2.05) is 6.07 Å². The van der Waals surface area contributed by atoms with E-state index in [4.69, 9.17) is 5.26 Å². The Hall–Kier alpha value is -2.10. The predicted molar refractivity (Wildman–Crippen MR) is 61.9 cm³/mol. The number of hydrogen-bond donors (Lipinski definition) is 1. The summed E-state index contributed by atoms with van der Waals surface area (Å²) in [7, 11) is 0. The van der Waals surface area contributed by atoms with Crippen LogP contribution >= 0.6 is 0 Å². The van der Waals surface area contributed by atoms with E-state index in [-0.39, 0.29) is 0 Å². The second-order valence-electron chi connectivity index (χ2n) is 4.69. The Labute approximate surface area is 112 Å². The zero-order valence-electron chi connectivity index (χ0n) is 10.2. The fourth-order valence-corrected chi connectivity index (χ4v) is 1.96. The van der Waals surface area contributed by atoms with Gasteiger partial charge in [-0.1, -0.05) is 0 Å². The van der Waals surface area contributed by atoms with E-state index >= 15 is 0 Å². The van der Waals surface area contributed by atoms with Gasteiger partial charge in [0.05, 0.1) is 17.3 Å². The molecule has 1 aliphatic carbocycles. The minimum Gasteiger partial charge on any atom is -0.322 e. The summed E-state index contributed by atoms with van der Waals surface area (Å²) < 4.78 is 51.0. The first-order valence-corrected chi connectivity index (χ1v) is 5.88. The van der Waals surface area contributed by atoms with Gasteiger partial charge >= 0.3 is 6.18 Å². The van der Waals surface area contributed by atoms with Crippen LogP contribution in [0.5, 0.6) is 0 Å². The molecule has 0 heterocycles. The van der Waals surface area contributed by atoms with Gasteiger partial charge in [-0.2, -0.15) is 18.4 Å². The van der Waals surface area contributed by atoms with Crippen molar-refractivity contribution in [3.63, 3.8) is 0 Å². The number of alkyl halides is 3. The van der Waals surface area contributed by atoms with Crippen LogP contribution in [0.3, 0.4) is 0 Å². The van der Waals surface area contributed by atoms with Crippen LogP contribution in [-0.4, -0.2) is 5.91 Å². The molecule has 0 spiro atoms. The van der Waals surface area contributed by atoms with Gasteiger partial charge in [0.2, 0.25) is 5.91 Å². The van der Waals surface area contributed by atoms with Crippen molar-refractivity contribution in [2.75, 3.05) is 5.32 Å². The quantitative estimate of drug-likeness (QED) is 0.846. The van der Waals surface area contributed by atoms with Gasteiger partial charge in [0.15, 0.2) is 0 Å². The van der Waals surface area contributed by atoms with Crippen molar-refractivity contribution < 1.29 is 22.4 Å². The first-order chi connectivity index (χ1) is 9.28. The van der Waals surface area contributed by atoms with E-state index in [2.05, 4.69) is 5.32 Å². The number of nitriles is 1. The molecule has 0 aromatic heterocycles. The molecule has 0 unspecified atom stereocenters. The number of nitrogens with one attached hydrogen (secondary N) is 1. The van der Waals surface area contributed by atoms with Gasteiger partial charge in [-0.3, -0.25) is 4.79 Å². The van der Waals surface area contributed by atoms with Gasteiger partial charge in [-0.15, -0.1) is 0 Å². The number of anilines is 1. The Morgan fingerprint density at radius 2 is 2.00 bits per heavy atom. The summed E-state index contributed by atoms with van der Waals surface area (Å²) in [4.78, 5) is 11.9. The van der Waals surface area contributed by atoms with E-state index in [0.717, 1.165) is 0 Å². The summed E-state index contributed by atoms with van der Waals surface area (Å²) in [5, 5.41) is 11.0. The smallest absolute Gasteiger partial charge is 0.322 e. The number of rotatable bonds is 2. The normalized spacial score (nSPS) is 16.9. The van der Waals surface area contributed by atoms with Crippen molar-refractivity contribution in [2.24, 2.45) is 5.41 Å². The number of halogens is 4. The predicted octanol–water partition coefficient (Wildman–Crippen LogP) is 3.48. The number of carbonyl (C=O) groups excluding carboxylic acids is 1. The number of amides is 1. The second-order valence-corrected chi connectivity index (χ2v) is 4.69. The van der Waals surface area contributed by atoms with Crippen LogP contribution in [0.1, 0.15) is 24.8 Å². The monoisotopic (exact) mass is 286 g/mol. The Morgan fingerprint density at radius 3 is 2.45 bits per heavy atom. The number of hydrogen-bond acceptors (Lipinski definition) is 2. The second kappa shape index (κ2) is 4.78. The van der Waals surface area contributed by atoms with Gasteiger partial charge in [0.1, 0.15) is 11.2 Å². The Kier molecular flexibility index (Phi) is 3.42. The third-order valence-corrected chi connectivity index (χ3v) is 3.40. The summed E-state index contributed by atoms with van der Waals surface area (Å²) in [5.74, 6) is -1.73. The lowest BCUT2D eigenvalue weighted by Gasteiger charge is -2.33. The van der Waals surface area contributed by atoms with Crippen LogP contribution in [0.2, 0.25) is 0 Å². The summed E-state index contributed by atoms with van der Waals surface area (Å²) in [6.07, 6.45) is -3.28. The van der Waals surface area contributed by atoms with E-state index in [1.165, 1.54) is 0 Å². The molecule has 3 nitrogen and oxygen atoms in total. The van der Waals surface area contributed by atoms with Crippen LogP contribution < -0.4 is 5.32 Å². The van der Waals surface area contributed by atoms with Gasteiger partial charge in [0, 0.05) is 0 Å². The first-order valence-electron chi connectivity index (χ1n) is 5.88. The highest BCUT2D eigenvalue weighted by molar-refractivity contribution is 5.98. The Balaban J connectivity index is 2.26. The van der Waals surface area contributed by atoms with Gasteiger partial charge in [-0.25, -0.2) is 4.39 Å². The highest BCUT2D eigenvalue weighted by Gasteiger charge is 2.45. The summed E-state index contributed by atoms with van der Waals surface area (Å²) in [6.45, 7) is 0. The zero-order valence-corrected chi connectivity index (χ0v) is 10.2. The average molecular weight is 286 g/mol. The summed E-state index contributed by atoms with van der Waals surface area (Å²) in [6, 6.07) is 3.60. The molecule has 106 valence electrons. The van der Waals surface area contributed by atoms with Gasteiger partial charge in [-0.05, 0) is 37.5 Å². The van der Waals surface area contributed by atoms with Gasteiger partial charge in [0.25, 0.3) is 0 Å². The lowest BCUT2D eigenvalue weighted by atomic mass is 9.69. The lowest BCUT2D eigenvalue weighted by Crippen LogP contribution is -2.40. The molecule has 1 aromatic rings. The SMILES string of the molecule is N#CC1(C(=O)Nc2cc(C(F)(F)F)ccc2F)CCC1. The molecule has 1 N–H and O–H groups in total. The minimum atomic E-state index is -4.63. The molecule has 1 amide bonds. The van der Waals surface area contributed by atoms with Crippen molar-refractivity contribution in [3.8, 4) is 6.07 Å². The van der Waals surface area contributed by atoms with Crippen LogP contribution in [0, 0.1) is 22.6 Å². The molecule has 0 atom stereocenters. The van der Waals surface area contributed by atoms with Crippen LogP contribution in [-0.2, 0) is 11.0 Å². The molecule has 0 bridgehead atoms. The molecule has 0 radical (unpaired) electrons. The average Bonchev–Trinajstić information content (AvgIpc) is 2.29. The lowest BCUT2D eigenvalue weighted by molar-refractivity contribution is -0.137. The maximum Gasteiger partial charge on any atom is 0.416 e.